The second-order valence-corrected chi connectivity index (χ2v) is 6.32. The number of hydrogen-bond donors (Lipinski definition) is 1. The molecule has 0 aliphatic heterocycles. The monoisotopic (exact) mass is 308 g/mol. The predicted octanol–water partition coefficient (Wildman–Crippen LogP) is 4.28. The zero-order valence-corrected chi connectivity index (χ0v) is 12.3. The highest BCUT2D eigenvalue weighted by Gasteiger charge is 2.20. The van der Waals surface area contributed by atoms with Crippen molar-refractivity contribution < 1.29 is 4.39 Å². The third-order valence-electron chi connectivity index (χ3n) is 3.10. The molecule has 104 valence electrons. The number of aromatic nitrogens is 1. The van der Waals surface area contributed by atoms with Crippen LogP contribution in [0.5, 0.6) is 0 Å². The zero-order chi connectivity index (χ0) is 13.9. The van der Waals surface area contributed by atoms with E-state index in [0.717, 1.165) is 15.5 Å². The number of nitrogens with zero attached hydrogens (tertiary/aromatic N) is 1. The highest BCUT2D eigenvalue weighted by Crippen LogP contribution is 2.30. The molecule has 0 unspecified atom stereocenters. The van der Waals surface area contributed by atoms with Crippen LogP contribution in [0.25, 0.3) is 0 Å². The molecule has 1 aliphatic rings. The molecule has 0 bridgehead atoms. The molecule has 20 heavy (non-hydrogen) atoms. The van der Waals surface area contributed by atoms with Crippen LogP contribution in [-0.4, -0.2) is 11.0 Å². The molecule has 1 saturated carbocycles. The van der Waals surface area contributed by atoms with Crippen molar-refractivity contribution in [2.24, 2.45) is 0 Å². The summed E-state index contributed by atoms with van der Waals surface area (Å²) in [6.45, 7) is 0.693. The molecule has 1 aromatic carbocycles. The molecule has 1 aromatic heterocycles. The Bertz CT molecular complexity index is 599. The number of nitrogens with one attached hydrogen (secondary N) is 1. The quantitative estimate of drug-likeness (QED) is 0.892. The number of halogens is 2. The molecule has 1 fully saturated rings. The second kappa shape index (κ2) is 6.12. The van der Waals surface area contributed by atoms with Gasteiger partial charge in [-0.15, -0.1) is 0 Å². The van der Waals surface area contributed by atoms with E-state index >= 15 is 0 Å². The van der Waals surface area contributed by atoms with Gasteiger partial charge in [0.25, 0.3) is 0 Å². The summed E-state index contributed by atoms with van der Waals surface area (Å²) in [7, 11) is 0. The smallest absolute Gasteiger partial charge is 0.123 e. The molecule has 0 atom stereocenters. The Morgan fingerprint density at radius 2 is 2.15 bits per heavy atom. The van der Waals surface area contributed by atoms with Crippen LogP contribution in [0, 0.1) is 5.82 Å². The molecular formula is C15H14ClFN2S. The number of rotatable bonds is 5. The molecular weight excluding hydrogens is 295 g/mol. The fourth-order valence-electron chi connectivity index (χ4n) is 1.86. The Kier molecular flexibility index (Phi) is 4.24. The van der Waals surface area contributed by atoms with Crippen LogP contribution < -0.4 is 5.32 Å². The molecule has 2 aromatic rings. The Balaban J connectivity index is 1.77. The Hall–Kier alpha value is -1.10. The fourth-order valence-corrected chi connectivity index (χ4v) is 2.84. The summed E-state index contributed by atoms with van der Waals surface area (Å²) in [5, 5.41) is 4.88. The van der Waals surface area contributed by atoms with Crippen molar-refractivity contribution in [1.82, 2.24) is 10.3 Å². The summed E-state index contributed by atoms with van der Waals surface area (Å²) in [4.78, 5) is 5.28. The molecule has 1 aliphatic carbocycles. The van der Waals surface area contributed by atoms with Gasteiger partial charge in [0.15, 0.2) is 0 Å². The lowest BCUT2D eigenvalue weighted by molar-refractivity contribution is 0.616. The molecule has 1 heterocycles. The zero-order valence-electron chi connectivity index (χ0n) is 10.8. The van der Waals surface area contributed by atoms with Crippen molar-refractivity contribution in [2.45, 2.75) is 35.3 Å². The van der Waals surface area contributed by atoms with E-state index in [0.29, 0.717) is 17.6 Å². The minimum absolute atomic E-state index is 0.203. The Morgan fingerprint density at radius 1 is 1.30 bits per heavy atom. The van der Waals surface area contributed by atoms with E-state index in [-0.39, 0.29) is 5.82 Å². The van der Waals surface area contributed by atoms with Gasteiger partial charge < -0.3 is 5.32 Å². The van der Waals surface area contributed by atoms with Crippen LogP contribution in [0.15, 0.2) is 46.5 Å². The van der Waals surface area contributed by atoms with Gasteiger partial charge in [-0.2, -0.15) is 0 Å². The van der Waals surface area contributed by atoms with E-state index in [1.54, 1.807) is 18.3 Å². The van der Waals surface area contributed by atoms with E-state index in [2.05, 4.69) is 10.3 Å². The summed E-state index contributed by atoms with van der Waals surface area (Å²) < 4.78 is 13.4. The van der Waals surface area contributed by atoms with Crippen LogP contribution >= 0.6 is 23.4 Å². The van der Waals surface area contributed by atoms with Gasteiger partial charge in [0.05, 0.1) is 5.02 Å². The van der Waals surface area contributed by atoms with Gasteiger partial charge in [-0.25, -0.2) is 9.37 Å². The summed E-state index contributed by atoms with van der Waals surface area (Å²) in [5.41, 5.74) is 0.971. The Labute approximate surface area is 126 Å². The summed E-state index contributed by atoms with van der Waals surface area (Å²) in [6, 6.07) is 9.16. The first-order valence-electron chi connectivity index (χ1n) is 6.52. The van der Waals surface area contributed by atoms with Crippen molar-refractivity contribution in [3.05, 3.63) is 52.9 Å². The molecule has 0 spiro atoms. The van der Waals surface area contributed by atoms with Crippen LogP contribution in [0.2, 0.25) is 5.02 Å². The maximum Gasteiger partial charge on any atom is 0.123 e. The predicted molar refractivity (Wildman–Crippen MR) is 79.6 cm³/mol. The third-order valence-corrected chi connectivity index (χ3v) is 4.39. The number of benzene rings is 1. The van der Waals surface area contributed by atoms with Crippen molar-refractivity contribution in [3.63, 3.8) is 0 Å². The molecule has 0 amide bonds. The standard InChI is InChI=1S/C15H14ClFN2S/c16-11-1-6-15(19-9-11)20-14-5-2-12(17)7-10(14)8-18-13-3-4-13/h1-2,5-7,9,13,18H,3-4,8H2. The number of pyridine rings is 1. The van der Waals surface area contributed by atoms with Gasteiger partial charge in [-0.05, 0) is 48.7 Å². The highest BCUT2D eigenvalue weighted by atomic mass is 35.5. The van der Waals surface area contributed by atoms with Crippen LogP contribution in [-0.2, 0) is 6.54 Å². The first-order chi connectivity index (χ1) is 9.70. The molecule has 1 N–H and O–H groups in total. The van der Waals surface area contributed by atoms with Crippen LogP contribution in [0.3, 0.4) is 0 Å². The van der Waals surface area contributed by atoms with E-state index in [1.807, 2.05) is 12.1 Å². The van der Waals surface area contributed by atoms with E-state index in [1.165, 1.54) is 30.7 Å². The third kappa shape index (κ3) is 3.72. The van der Waals surface area contributed by atoms with Gasteiger partial charge in [-0.3, -0.25) is 0 Å². The highest BCUT2D eigenvalue weighted by molar-refractivity contribution is 7.99. The van der Waals surface area contributed by atoms with Crippen molar-refractivity contribution in [3.8, 4) is 0 Å². The topological polar surface area (TPSA) is 24.9 Å². The van der Waals surface area contributed by atoms with Crippen molar-refractivity contribution >= 4 is 23.4 Å². The molecule has 0 radical (unpaired) electrons. The molecule has 2 nitrogen and oxygen atoms in total. The van der Waals surface area contributed by atoms with E-state index < -0.39 is 0 Å². The lowest BCUT2D eigenvalue weighted by atomic mass is 10.2. The van der Waals surface area contributed by atoms with Gasteiger partial charge in [-0.1, -0.05) is 23.4 Å². The minimum Gasteiger partial charge on any atom is -0.310 e. The van der Waals surface area contributed by atoms with Gasteiger partial charge in [0.1, 0.15) is 10.8 Å². The maximum absolute atomic E-state index is 13.4. The molecule has 5 heteroatoms. The van der Waals surface area contributed by atoms with E-state index in [4.69, 9.17) is 11.6 Å². The normalized spacial score (nSPS) is 14.5. The first-order valence-corrected chi connectivity index (χ1v) is 7.71. The van der Waals surface area contributed by atoms with Gasteiger partial charge >= 0.3 is 0 Å². The molecule has 0 saturated heterocycles. The minimum atomic E-state index is -0.203. The summed E-state index contributed by atoms with van der Waals surface area (Å²) in [5.74, 6) is -0.203. The second-order valence-electron chi connectivity index (χ2n) is 4.82. The van der Waals surface area contributed by atoms with E-state index in [9.17, 15) is 4.39 Å². The summed E-state index contributed by atoms with van der Waals surface area (Å²) in [6.07, 6.45) is 4.06. The van der Waals surface area contributed by atoms with Crippen LogP contribution in [0.1, 0.15) is 18.4 Å². The lowest BCUT2D eigenvalue weighted by Crippen LogP contribution is -2.16. The summed E-state index contributed by atoms with van der Waals surface area (Å²) >= 11 is 7.35. The number of hydrogen-bond acceptors (Lipinski definition) is 3. The average molecular weight is 309 g/mol. The largest absolute Gasteiger partial charge is 0.310 e. The maximum atomic E-state index is 13.4. The van der Waals surface area contributed by atoms with Crippen LogP contribution in [0.4, 0.5) is 4.39 Å². The van der Waals surface area contributed by atoms with Crippen molar-refractivity contribution in [1.29, 1.82) is 0 Å². The van der Waals surface area contributed by atoms with Crippen molar-refractivity contribution in [2.75, 3.05) is 0 Å². The first kappa shape index (κ1) is 13.9. The lowest BCUT2D eigenvalue weighted by Gasteiger charge is -2.10. The average Bonchev–Trinajstić information content (AvgIpc) is 3.25. The van der Waals surface area contributed by atoms with Gasteiger partial charge in [0.2, 0.25) is 0 Å². The SMILES string of the molecule is Fc1ccc(Sc2ccc(Cl)cn2)c(CNC2CC2)c1. The van der Waals surface area contributed by atoms with Gasteiger partial charge in [0, 0.05) is 23.7 Å². The molecule has 3 rings (SSSR count). The Morgan fingerprint density at radius 3 is 2.85 bits per heavy atom. The fraction of sp³-hybridized carbons (Fsp3) is 0.267.